The molecular weight excluding hydrogens is 318 g/mol. The van der Waals surface area contributed by atoms with Crippen molar-refractivity contribution in [3.63, 3.8) is 0 Å². The summed E-state index contributed by atoms with van der Waals surface area (Å²) < 4.78 is 16.0. The highest BCUT2D eigenvalue weighted by Crippen LogP contribution is 2.19. The minimum Gasteiger partial charge on any atom is -0.497 e. The number of rotatable bonds is 8. The number of amides is 1. The lowest BCUT2D eigenvalue weighted by Crippen LogP contribution is -2.37. The van der Waals surface area contributed by atoms with Crippen LogP contribution in [-0.2, 0) is 11.2 Å². The van der Waals surface area contributed by atoms with Gasteiger partial charge in [0, 0.05) is 0 Å². The number of ether oxygens (including phenoxy) is 3. The Kier molecular flexibility index (Phi) is 6.69. The predicted molar refractivity (Wildman–Crippen MR) is 97.5 cm³/mol. The number of benzene rings is 2. The summed E-state index contributed by atoms with van der Waals surface area (Å²) in [5.74, 6) is 2.32. The van der Waals surface area contributed by atoms with Gasteiger partial charge in [0.15, 0.2) is 0 Å². The Morgan fingerprint density at radius 1 is 1.04 bits per heavy atom. The first-order chi connectivity index (χ1) is 12.0. The molecule has 1 amide bonds. The molecule has 0 fully saturated rings. The molecule has 1 N–H and O–H groups in total. The van der Waals surface area contributed by atoms with Crippen molar-refractivity contribution < 1.29 is 19.0 Å². The van der Waals surface area contributed by atoms with Crippen molar-refractivity contribution in [1.29, 1.82) is 0 Å². The Morgan fingerprint density at radius 3 is 2.32 bits per heavy atom. The minimum atomic E-state index is -0.0889. The molecule has 0 aromatic heterocycles. The van der Waals surface area contributed by atoms with Crippen LogP contribution < -0.4 is 19.5 Å². The van der Waals surface area contributed by atoms with Crippen molar-refractivity contribution in [2.24, 2.45) is 0 Å². The molecule has 0 aliphatic heterocycles. The first kappa shape index (κ1) is 18.6. The van der Waals surface area contributed by atoms with Gasteiger partial charge in [-0.1, -0.05) is 12.1 Å². The molecule has 0 radical (unpaired) electrons. The Balaban J connectivity index is 1.80. The Morgan fingerprint density at radius 2 is 1.72 bits per heavy atom. The lowest BCUT2D eigenvalue weighted by Gasteiger charge is -2.15. The molecule has 1 atom stereocenters. The number of hydrogen-bond acceptors (Lipinski definition) is 4. The number of methoxy groups -OCH3 is 2. The molecule has 0 aliphatic rings. The lowest BCUT2D eigenvalue weighted by atomic mass is 10.1. The summed E-state index contributed by atoms with van der Waals surface area (Å²) >= 11 is 0. The topological polar surface area (TPSA) is 56.8 Å². The molecule has 0 unspecified atom stereocenters. The van der Waals surface area contributed by atoms with Crippen LogP contribution in [0.15, 0.2) is 42.5 Å². The van der Waals surface area contributed by atoms with Gasteiger partial charge in [0.2, 0.25) is 5.91 Å². The predicted octanol–water partition coefficient (Wildman–Crippen LogP) is 3.14. The van der Waals surface area contributed by atoms with Gasteiger partial charge in [-0.3, -0.25) is 4.79 Å². The summed E-state index contributed by atoms with van der Waals surface area (Å²) in [5.41, 5.74) is 1.97. The molecule has 0 heterocycles. The maximum atomic E-state index is 12.2. The van der Waals surface area contributed by atoms with Gasteiger partial charge in [-0.15, -0.1) is 0 Å². The monoisotopic (exact) mass is 343 g/mol. The number of carbonyl (C=O) groups excluding carboxylic acids is 1. The zero-order chi connectivity index (χ0) is 18.2. The van der Waals surface area contributed by atoms with Crippen molar-refractivity contribution >= 4 is 5.91 Å². The molecule has 0 aliphatic carbocycles. The van der Waals surface area contributed by atoms with Crippen molar-refractivity contribution in [3.05, 3.63) is 53.6 Å². The number of aryl methyl sites for hydroxylation is 1. The van der Waals surface area contributed by atoms with E-state index in [0.29, 0.717) is 13.0 Å². The number of carbonyl (C=O) groups is 1. The summed E-state index contributed by atoms with van der Waals surface area (Å²) in [7, 11) is 3.26. The van der Waals surface area contributed by atoms with E-state index in [2.05, 4.69) is 5.32 Å². The van der Waals surface area contributed by atoms with E-state index in [1.807, 2.05) is 56.3 Å². The third-order valence-corrected chi connectivity index (χ3v) is 3.79. The second-order valence-electron chi connectivity index (χ2n) is 5.94. The van der Waals surface area contributed by atoms with Crippen LogP contribution in [0.2, 0.25) is 0 Å². The van der Waals surface area contributed by atoms with Crippen molar-refractivity contribution in [2.75, 3.05) is 20.8 Å². The van der Waals surface area contributed by atoms with Gasteiger partial charge < -0.3 is 19.5 Å². The average Bonchev–Trinajstić information content (AvgIpc) is 2.60. The SMILES string of the molecule is COc1ccc(OC[C@H](C)NC(=O)Cc2ccc(OC)c(C)c2)cc1. The molecule has 0 spiro atoms. The summed E-state index contributed by atoms with van der Waals surface area (Å²) in [6, 6.07) is 13.0. The Bertz CT molecular complexity index is 697. The van der Waals surface area contributed by atoms with Crippen molar-refractivity contribution in [1.82, 2.24) is 5.32 Å². The first-order valence-corrected chi connectivity index (χ1v) is 8.21. The Hall–Kier alpha value is -2.69. The number of nitrogens with one attached hydrogen (secondary N) is 1. The van der Waals surface area contributed by atoms with Crippen LogP contribution in [0.4, 0.5) is 0 Å². The number of hydrogen-bond donors (Lipinski definition) is 1. The minimum absolute atomic E-state index is 0.0320. The van der Waals surface area contributed by atoms with E-state index < -0.39 is 0 Å². The van der Waals surface area contributed by atoms with Crippen molar-refractivity contribution in [2.45, 2.75) is 26.3 Å². The van der Waals surface area contributed by atoms with Crippen LogP contribution in [0.1, 0.15) is 18.1 Å². The fraction of sp³-hybridized carbons (Fsp3) is 0.350. The standard InChI is InChI=1S/C20H25NO4/c1-14-11-16(5-10-19(14)24-4)12-20(22)21-15(2)13-25-18-8-6-17(23-3)7-9-18/h5-11,15H,12-13H2,1-4H3,(H,21,22)/t15-/m0/s1. The average molecular weight is 343 g/mol. The van der Waals surface area contributed by atoms with E-state index >= 15 is 0 Å². The molecule has 5 nitrogen and oxygen atoms in total. The molecule has 5 heteroatoms. The molecule has 0 saturated heterocycles. The van der Waals surface area contributed by atoms with Gasteiger partial charge in [0.05, 0.1) is 26.7 Å². The van der Waals surface area contributed by atoms with E-state index in [-0.39, 0.29) is 11.9 Å². The second kappa shape index (κ2) is 8.97. The maximum Gasteiger partial charge on any atom is 0.224 e. The van der Waals surface area contributed by atoms with E-state index in [1.54, 1.807) is 14.2 Å². The molecule has 25 heavy (non-hydrogen) atoms. The van der Waals surface area contributed by atoms with E-state index in [1.165, 1.54) is 0 Å². The van der Waals surface area contributed by atoms with Gasteiger partial charge in [0.25, 0.3) is 0 Å². The van der Waals surface area contributed by atoms with Crippen molar-refractivity contribution in [3.8, 4) is 17.2 Å². The third-order valence-electron chi connectivity index (χ3n) is 3.79. The molecule has 134 valence electrons. The highest BCUT2D eigenvalue weighted by molar-refractivity contribution is 5.79. The van der Waals surface area contributed by atoms with Gasteiger partial charge in [-0.2, -0.15) is 0 Å². The highest BCUT2D eigenvalue weighted by Gasteiger charge is 2.10. The van der Waals surface area contributed by atoms with Gasteiger partial charge >= 0.3 is 0 Å². The summed E-state index contributed by atoms with van der Waals surface area (Å²) in [5, 5.41) is 2.95. The Labute approximate surface area is 148 Å². The summed E-state index contributed by atoms with van der Waals surface area (Å²) in [4.78, 5) is 12.2. The van der Waals surface area contributed by atoms with Gasteiger partial charge in [-0.05, 0) is 55.3 Å². The normalized spacial score (nSPS) is 11.5. The van der Waals surface area contributed by atoms with Crippen LogP contribution in [0, 0.1) is 6.92 Å². The van der Waals surface area contributed by atoms with E-state index in [4.69, 9.17) is 14.2 Å². The zero-order valence-electron chi connectivity index (χ0n) is 15.2. The molecule has 0 saturated carbocycles. The molecular formula is C20H25NO4. The zero-order valence-corrected chi connectivity index (χ0v) is 15.2. The summed E-state index contributed by atoms with van der Waals surface area (Å²) in [6.07, 6.45) is 0.331. The molecule has 2 rings (SSSR count). The van der Waals surface area contributed by atoms with Crippen LogP contribution in [-0.4, -0.2) is 32.8 Å². The van der Waals surface area contributed by atoms with Crippen LogP contribution in [0.25, 0.3) is 0 Å². The quantitative estimate of drug-likeness (QED) is 0.800. The fourth-order valence-electron chi connectivity index (χ4n) is 2.50. The fourth-order valence-corrected chi connectivity index (χ4v) is 2.50. The summed E-state index contributed by atoms with van der Waals surface area (Å²) in [6.45, 7) is 4.28. The first-order valence-electron chi connectivity index (χ1n) is 8.21. The maximum absolute atomic E-state index is 12.2. The molecule has 0 bridgehead atoms. The lowest BCUT2D eigenvalue weighted by molar-refractivity contribution is -0.121. The van der Waals surface area contributed by atoms with Crippen LogP contribution in [0.3, 0.4) is 0 Å². The largest absolute Gasteiger partial charge is 0.497 e. The van der Waals surface area contributed by atoms with Crippen LogP contribution >= 0.6 is 0 Å². The van der Waals surface area contributed by atoms with Gasteiger partial charge in [-0.25, -0.2) is 0 Å². The smallest absolute Gasteiger partial charge is 0.224 e. The third kappa shape index (κ3) is 5.71. The van der Waals surface area contributed by atoms with E-state index in [0.717, 1.165) is 28.4 Å². The molecule has 2 aromatic carbocycles. The van der Waals surface area contributed by atoms with Gasteiger partial charge in [0.1, 0.15) is 23.9 Å². The highest BCUT2D eigenvalue weighted by atomic mass is 16.5. The van der Waals surface area contributed by atoms with Crippen LogP contribution in [0.5, 0.6) is 17.2 Å². The van der Waals surface area contributed by atoms with E-state index in [9.17, 15) is 4.79 Å². The molecule has 2 aromatic rings. The second-order valence-corrected chi connectivity index (χ2v) is 5.94.